The van der Waals surface area contributed by atoms with Crippen molar-refractivity contribution >= 4 is 10.0 Å². The van der Waals surface area contributed by atoms with Crippen molar-refractivity contribution in [2.24, 2.45) is 5.92 Å². The van der Waals surface area contributed by atoms with Gasteiger partial charge in [0.05, 0.1) is 6.26 Å². The maximum Gasteiger partial charge on any atom is 0.211 e. The lowest BCUT2D eigenvalue weighted by atomic mass is 10.1. The third kappa shape index (κ3) is 6.21. The van der Waals surface area contributed by atoms with Crippen LogP contribution in [-0.2, 0) is 10.0 Å². The summed E-state index contributed by atoms with van der Waals surface area (Å²) in [4.78, 5) is 2.37. The minimum atomic E-state index is -3.01. The quantitative estimate of drug-likeness (QED) is 0.698. The summed E-state index contributed by atoms with van der Waals surface area (Å²) in [5.41, 5.74) is 0. The Morgan fingerprint density at radius 2 is 1.68 bits per heavy atom. The zero-order valence-corrected chi connectivity index (χ0v) is 13.5. The van der Waals surface area contributed by atoms with Crippen LogP contribution in [0, 0.1) is 5.92 Å². The number of hydrogen-bond donors (Lipinski definition) is 1. The molecule has 1 N–H and O–H groups in total. The van der Waals surface area contributed by atoms with E-state index < -0.39 is 10.0 Å². The largest absolute Gasteiger partial charge is 0.315 e. The number of nitrogens with one attached hydrogen (secondary N) is 1. The van der Waals surface area contributed by atoms with Gasteiger partial charge in [0.2, 0.25) is 10.0 Å². The van der Waals surface area contributed by atoms with Crippen LogP contribution in [-0.4, -0.2) is 69.2 Å². The normalized spacial score (nSPS) is 20.9. The third-order valence-electron chi connectivity index (χ3n) is 3.70. The van der Waals surface area contributed by atoms with E-state index in [0.717, 1.165) is 32.1 Å². The van der Waals surface area contributed by atoms with Gasteiger partial charge in [-0.15, -0.1) is 0 Å². The number of hydrogen-bond acceptors (Lipinski definition) is 4. The Hall–Kier alpha value is -0.170. The molecule has 0 spiro atoms. The zero-order chi connectivity index (χ0) is 14.5. The standard InChI is InChI=1S/C13H29N3O2S/c1-12(2)5-6-14-11-13(3)15-7-9-16(10-8-15)19(4,17)18/h12-14H,5-11H2,1-4H3. The van der Waals surface area contributed by atoms with E-state index in [9.17, 15) is 8.42 Å². The lowest BCUT2D eigenvalue weighted by Gasteiger charge is -2.37. The summed E-state index contributed by atoms with van der Waals surface area (Å²) in [6.07, 6.45) is 2.49. The summed E-state index contributed by atoms with van der Waals surface area (Å²) in [7, 11) is -3.01. The highest BCUT2D eigenvalue weighted by Gasteiger charge is 2.25. The molecule has 0 radical (unpaired) electrons. The van der Waals surface area contributed by atoms with E-state index in [1.165, 1.54) is 12.7 Å². The van der Waals surface area contributed by atoms with Gasteiger partial charge in [-0.2, -0.15) is 4.31 Å². The van der Waals surface area contributed by atoms with Crippen LogP contribution >= 0.6 is 0 Å². The van der Waals surface area contributed by atoms with Crippen molar-refractivity contribution < 1.29 is 8.42 Å². The van der Waals surface area contributed by atoms with Gasteiger partial charge in [-0.3, -0.25) is 4.90 Å². The third-order valence-corrected chi connectivity index (χ3v) is 5.01. The minimum absolute atomic E-state index is 0.467. The molecular weight excluding hydrogens is 262 g/mol. The smallest absolute Gasteiger partial charge is 0.211 e. The van der Waals surface area contributed by atoms with Gasteiger partial charge in [-0.05, 0) is 25.8 Å². The molecule has 0 amide bonds. The highest BCUT2D eigenvalue weighted by Crippen LogP contribution is 2.08. The Kier molecular flexibility index (Phi) is 6.73. The van der Waals surface area contributed by atoms with Gasteiger partial charge in [0.25, 0.3) is 0 Å². The van der Waals surface area contributed by atoms with Gasteiger partial charge in [0, 0.05) is 38.8 Å². The summed E-state index contributed by atoms with van der Waals surface area (Å²) in [5.74, 6) is 0.737. The van der Waals surface area contributed by atoms with Crippen LogP contribution in [0.2, 0.25) is 0 Å². The molecule has 1 atom stereocenters. The van der Waals surface area contributed by atoms with Gasteiger partial charge in [0.15, 0.2) is 0 Å². The van der Waals surface area contributed by atoms with Crippen LogP contribution in [0.15, 0.2) is 0 Å². The Morgan fingerprint density at radius 3 is 2.16 bits per heavy atom. The lowest BCUT2D eigenvalue weighted by molar-refractivity contribution is 0.144. The fourth-order valence-electron chi connectivity index (χ4n) is 2.31. The molecule has 6 heteroatoms. The molecule has 0 aliphatic carbocycles. The fraction of sp³-hybridized carbons (Fsp3) is 1.00. The van der Waals surface area contributed by atoms with Gasteiger partial charge in [-0.1, -0.05) is 13.8 Å². The van der Waals surface area contributed by atoms with Crippen molar-refractivity contribution in [1.82, 2.24) is 14.5 Å². The lowest BCUT2D eigenvalue weighted by Crippen LogP contribution is -2.53. The van der Waals surface area contributed by atoms with Gasteiger partial charge < -0.3 is 5.32 Å². The summed E-state index contributed by atoms with van der Waals surface area (Å²) in [5, 5.41) is 3.48. The molecule has 0 saturated carbocycles. The summed E-state index contributed by atoms with van der Waals surface area (Å²) in [6.45, 7) is 11.6. The summed E-state index contributed by atoms with van der Waals surface area (Å²) < 4.78 is 24.4. The molecule has 114 valence electrons. The first-order chi connectivity index (χ1) is 8.80. The molecule has 5 nitrogen and oxygen atoms in total. The molecule has 19 heavy (non-hydrogen) atoms. The first kappa shape index (κ1) is 16.9. The topological polar surface area (TPSA) is 52.6 Å². The molecule has 1 saturated heterocycles. The van der Waals surface area contributed by atoms with E-state index in [1.54, 1.807) is 4.31 Å². The molecule has 1 fully saturated rings. The maximum atomic E-state index is 11.4. The second-order valence-corrected chi connectivity index (χ2v) is 7.92. The first-order valence-electron chi connectivity index (χ1n) is 7.20. The Labute approximate surface area is 118 Å². The zero-order valence-electron chi connectivity index (χ0n) is 12.7. The average molecular weight is 291 g/mol. The van der Waals surface area contributed by atoms with Crippen molar-refractivity contribution in [2.75, 3.05) is 45.5 Å². The number of piperazine rings is 1. The SMILES string of the molecule is CC(C)CCNCC(C)N1CCN(S(C)(=O)=O)CC1. The Bertz CT molecular complexity index is 349. The molecule has 0 aromatic heterocycles. The molecule has 1 heterocycles. The van der Waals surface area contributed by atoms with E-state index in [-0.39, 0.29) is 0 Å². The van der Waals surface area contributed by atoms with E-state index >= 15 is 0 Å². The molecule has 0 aromatic rings. The maximum absolute atomic E-state index is 11.4. The van der Waals surface area contributed by atoms with E-state index in [0.29, 0.717) is 19.1 Å². The average Bonchev–Trinajstić information content (AvgIpc) is 2.33. The summed E-state index contributed by atoms with van der Waals surface area (Å²) in [6, 6.07) is 0.467. The number of rotatable bonds is 7. The van der Waals surface area contributed by atoms with Gasteiger partial charge >= 0.3 is 0 Å². The molecular formula is C13H29N3O2S. The molecule has 1 aliphatic heterocycles. The Morgan fingerprint density at radius 1 is 1.11 bits per heavy atom. The van der Waals surface area contributed by atoms with Crippen molar-refractivity contribution in [1.29, 1.82) is 0 Å². The van der Waals surface area contributed by atoms with Crippen LogP contribution in [0.5, 0.6) is 0 Å². The van der Waals surface area contributed by atoms with Crippen molar-refractivity contribution in [3.05, 3.63) is 0 Å². The predicted octanol–water partition coefficient (Wildman–Crippen LogP) is 0.588. The van der Waals surface area contributed by atoms with Crippen LogP contribution in [0.1, 0.15) is 27.2 Å². The van der Waals surface area contributed by atoms with Crippen molar-refractivity contribution in [3.63, 3.8) is 0 Å². The number of sulfonamides is 1. The fourth-order valence-corrected chi connectivity index (χ4v) is 3.13. The molecule has 1 rings (SSSR count). The summed E-state index contributed by atoms with van der Waals surface area (Å²) >= 11 is 0. The number of nitrogens with zero attached hydrogens (tertiary/aromatic N) is 2. The first-order valence-corrected chi connectivity index (χ1v) is 9.05. The van der Waals surface area contributed by atoms with E-state index in [4.69, 9.17) is 0 Å². The van der Waals surface area contributed by atoms with Gasteiger partial charge in [-0.25, -0.2) is 8.42 Å². The van der Waals surface area contributed by atoms with Crippen LogP contribution in [0.25, 0.3) is 0 Å². The second-order valence-electron chi connectivity index (χ2n) is 5.93. The minimum Gasteiger partial charge on any atom is -0.315 e. The van der Waals surface area contributed by atoms with Crippen molar-refractivity contribution in [3.8, 4) is 0 Å². The van der Waals surface area contributed by atoms with Crippen LogP contribution in [0.3, 0.4) is 0 Å². The second kappa shape index (κ2) is 7.57. The van der Waals surface area contributed by atoms with E-state index in [1.807, 2.05) is 0 Å². The molecule has 0 bridgehead atoms. The Balaban J connectivity index is 2.23. The van der Waals surface area contributed by atoms with Gasteiger partial charge in [0.1, 0.15) is 0 Å². The van der Waals surface area contributed by atoms with Crippen molar-refractivity contribution in [2.45, 2.75) is 33.2 Å². The molecule has 0 aromatic carbocycles. The monoisotopic (exact) mass is 291 g/mol. The van der Waals surface area contributed by atoms with E-state index in [2.05, 4.69) is 31.0 Å². The predicted molar refractivity (Wildman–Crippen MR) is 79.8 cm³/mol. The highest BCUT2D eigenvalue weighted by atomic mass is 32.2. The molecule has 1 unspecified atom stereocenters. The highest BCUT2D eigenvalue weighted by molar-refractivity contribution is 7.88. The van der Waals surface area contributed by atoms with Crippen LogP contribution in [0.4, 0.5) is 0 Å². The molecule has 1 aliphatic rings. The van der Waals surface area contributed by atoms with Crippen LogP contribution < -0.4 is 5.32 Å².